The van der Waals surface area contributed by atoms with Crippen molar-refractivity contribution in [2.75, 3.05) is 11.5 Å². The van der Waals surface area contributed by atoms with Gasteiger partial charge >= 0.3 is 0 Å². The van der Waals surface area contributed by atoms with Crippen molar-refractivity contribution in [3.05, 3.63) is 0 Å². The summed E-state index contributed by atoms with van der Waals surface area (Å²) in [6.45, 7) is 8.40. The van der Waals surface area contributed by atoms with Gasteiger partial charge in [0.2, 0.25) is 0 Å². The van der Waals surface area contributed by atoms with Crippen LogP contribution in [0.5, 0.6) is 0 Å². The highest BCUT2D eigenvalue weighted by Gasteiger charge is 2.23. The van der Waals surface area contributed by atoms with Crippen LogP contribution in [0.2, 0.25) is 0 Å². The quantitative estimate of drug-likeness (QED) is 0.628. The molecule has 2 nitrogen and oxygen atoms in total. The van der Waals surface area contributed by atoms with E-state index in [1.54, 1.807) is 0 Å². The summed E-state index contributed by atoms with van der Waals surface area (Å²) < 4.78 is 0. The lowest BCUT2D eigenvalue weighted by Gasteiger charge is -2.25. The van der Waals surface area contributed by atoms with E-state index in [0.717, 1.165) is 12.8 Å². The Kier molecular flexibility index (Phi) is 8.78. The average molecular weight is 242 g/mol. The van der Waals surface area contributed by atoms with E-state index < -0.39 is 0 Å². The molecule has 0 radical (unpaired) electrons. The van der Waals surface area contributed by atoms with Crippen molar-refractivity contribution in [2.45, 2.75) is 65.0 Å². The van der Waals surface area contributed by atoms with Gasteiger partial charge in [-0.15, -0.1) is 0 Å². The number of nitriles is 1. The third-order valence-electron chi connectivity index (χ3n) is 2.46. The summed E-state index contributed by atoms with van der Waals surface area (Å²) in [5.74, 6) is 2.44. The molecule has 0 aromatic heterocycles. The van der Waals surface area contributed by atoms with E-state index in [1.807, 2.05) is 18.7 Å². The zero-order valence-corrected chi connectivity index (χ0v) is 12.0. The van der Waals surface area contributed by atoms with Crippen molar-refractivity contribution in [1.29, 1.82) is 5.26 Å². The Balaban J connectivity index is 3.67. The second-order valence-corrected chi connectivity index (χ2v) is 6.04. The monoisotopic (exact) mass is 242 g/mol. The SMILES string of the molecule is CCCCSCCCC(C)(C#N)NC(C)C. The first-order valence-electron chi connectivity index (χ1n) is 6.30. The maximum Gasteiger partial charge on any atom is 0.104 e. The van der Waals surface area contributed by atoms with Gasteiger partial charge in [-0.1, -0.05) is 13.3 Å². The Morgan fingerprint density at radius 1 is 1.31 bits per heavy atom. The van der Waals surface area contributed by atoms with Crippen LogP contribution in [0, 0.1) is 11.3 Å². The fourth-order valence-corrected chi connectivity index (χ4v) is 2.72. The molecule has 0 aromatic carbocycles. The van der Waals surface area contributed by atoms with Crippen molar-refractivity contribution < 1.29 is 0 Å². The zero-order chi connectivity index (χ0) is 12.4. The molecule has 0 bridgehead atoms. The second-order valence-electron chi connectivity index (χ2n) is 4.81. The summed E-state index contributed by atoms with van der Waals surface area (Å²) in [5.41, 5.74) is -0.348. The molecule has 1 atom stereocenters. The molecule has 3 heteroatoms. The van der Waals surface area contributed by atoms with Crippen molar-refractivity contribution in [3.63, 3.8) is 0 Å². The van der Waals surface area contributed by atoms with E-state index >= 15 is 0 Å². The van der Waals surface area contributed by atoms with Gasteiger partial charge < -0.3 is 0 Å². The summed E-state index contributed by atoms with van der Waals surface area (Å²) in [4.78, 5) is 0. The minimum atomic E-state index is -0.348. The number of nitrogens with one attached hydrogen (secondary N) is 1. The molecule has 0 heterocycles. The lowest BCUT2D eigenvalue weighted by molar-refractivity contribution is 0.380. The Bertz CT molecular complexity index is 210. The Labute approximate surface area is 105 Å². The lowest BCUT2D eigenvalue weighted by atomic mass is 9.97. The minimum absolute atomic E-state index is 0.348. The van der Waals surface area contributed by atoms with Crippen molar-refractivity contribution in [3.8, 4) is 6.07 Å². The third-order valence-corrected chi connectivity index (χ3v) is 3.62. The van der Waals surface area contributed by atoms with Crippen LogP contribution in [-0.4, -0.2) is 23.1 Å². The summed E-state index contributed by atoms with van der Waals surface area (Å²) in [6, 6.07) is 2.76. The first-order valence-corrected chi connectivity index (χ1v) is 7.46. The van der Waals surface area contributed by atoms with Crippen LogP contribution in [0.25, 0.3) is 0 Å². The van der Waals surface area contributed by atoms with E-state index in [-0.39, 0.29) is 5.54 Å². The van der Waals surface area contributed by atoms with Gasteiger partial charge in [0.25, 0.3) is 0 Å². The van der Waals surface area contributed by atoms with Crippen LogP contribution >= 0.6 is 11.8 Å². The standard InChI is InChI=1S/C13H26N2S/c1-5-6-9-16-10-7-8-13(4,11-14)15-12(2)3/h12,15H,5-10H2,1-4H3. The molecule has 16 heavy (non-hydrogen) atoms. The van der Waals surface area contributed by atoms with Crippen molar-refractivity contribution >= 4 is 11.8 Å². The van der Waals surface area contributed by atoms with E-state index in [9.17, 15) is 0 Å². The summed E-state index contributed by atoms with van der Waals surface area (Å²) >= 11 is 2.01. The molecule has 0 fully saturated rings. The summed E-state index contributed by atoms with van der Waals surface area (Å²) in [5, 5.41) is 12.5. The van der Waals surface area contributed by atoms with Gasteiger partial charge in [-0.3, -0.25) is 5.32 Å². The maximum atomic E-state index is 9.16. The maximum absolute atomic E-state index is 9.16. The molecule has 0 aliphatic heterocycles. The van der Waals surface area contributed by atoms with Gasteiger partial charge in [-0.05, 0) is 51.5 Å². The van der Waals surface area contributed by atoms with Crippen LogP contribution < -0.4 is 5.32 Å². The predicted octanol–water partition coefficient (Wildman–Crippen LogP) is 3.58. The molecule has 94 valence electrons. The highest BCUT2D eigenvalue weighted by Crippen LogP contribution is 2.15. The van der Waals surface area contributed by atoms with Gasteiger partial charge in [-0.25, -0.2) is 0 Å². The number of nitrogens with zero attached hydrogens (tertiary/aromatic N) is 1. The van der Waals surface area contributed by atoms with Gasteiger partial charge in [0.15, 0.2) is 0 Å². The molecule has 0 aliphatic rings. The highest BCUT2D eigenvalue weighted by atomic mass is 32.2. The van der Waals surface area contributed by atoms with E-state index in [0.29, 0.717) is 6.04 Å². The van der Waals surface area contributed by atoms with Gasteiger partial charge in [0.05, 0.1) is 6.07 Å². The minimum Gasteiger partial charge on any atom is -0.297 e. The highest BCUT2D eigenvalue weighted by molar-refractivity contribution is 7.99. The third kappa shape index (κ3) is 8.01. The van der Waals surface area contributed by atoms with E-state index in [2.05, 4.69) is 32.2 Å². The largest absolute Gasteiger partial charge is 0.297 e. The molecule has 0 aliphatic carbocycles. The van der Waals surface area contributed by atoms with Crippen LogP contribution in [0.15, 0.2) is 0 Å². The molecule has 0 saturated heterocycles. The molecular weight excluding hydrogens is 216 g/mol. The molecular formula is C13H26N2S. The Hall–Kier alpha value is -0.200. The molecule has 1 N–H and O–H groups in total. The lowest BCUT2D eigenvalue weighted by Crippen LogP contribution is -2.44. The van der Waals surface area contributed by atoms with E-state index in [4.69, 9.17) is 5.26 Å². The number of hydrogen-bond donors (Lipinski definition) is 1. The van der Waals surface area contributed by atoms with Gasteiger partial charge in [-0.2, -0.15) is 17.0 Å². The number of unbranched alkanes of at least 4 members (excludes halogenated alkanes) is 1. The van der Waals surface area contributed by atoms with Crippen LogP contribution in [0.1, 0.15) is 53.4 Å². The number of rotatable bonds is 9. The summed E-state index contributed by atoms with van der Waals surface area (Å²) in [7, 11) is 0. The zero-order valence-electron chi connectivity index (χ0n) is 11.2. The topological polar surface area (TPSA) is 35.8 Å². The van der Waals surface area contributed by atoms with Crippen LogP contribution in [0.4, 0.5) is 0 Å². The molecule has 0 amide bonds. The van der Waals surface area contributed by atoms with Crippen LogP contribution in [0.3, 0.4) is 0 Å². The van der Waals surface area contributed by atoms with Crippen LogP contribution in [-0.2, 0) is 0 Å². The van der Waals surface area contributed by atoms with E-state index in [1.165, 1.54) is 24.3 Å². The molecule has 1 unspecified atom stereocenters. The molecule has 0 rings (SSSR count). The molecule has 0 aromatic rings. The first kappa shape index (κ1) is 15.8. The second kappa shape index (κ2) is 8.90. The number of thioether (sulfide) groups is 1. The van der Waals surface area contributed by atoms with Gasteiger partial charge in [0.1, 0.15) is 5.54 Å². The van der Waals surface area contributed by atoms with Crippen molar-refractivity contribution in [2.24, 2.45) is 0 Å². The number of hydrogen-bond acceptors (Lipinski definition) is 3. The fraction of sp³-hybridized carbons (Fsp3) is 0.923. The molecule has 0 spiro atoms. The molecule has 0 saturated carbocycles. The Morgan fingerprint density at radius 3 is 2.44 bits per heavy atom. The normalized spacial score (nSPS) is 14.8. The average Bonchev–Trinajstić information content (AvgIpc) is 2.22. The fourth-order valence-electron chi connectivity index (χ4n) is 1.67. The predicted molar refractivity (Wildman–Crippen MR) is 73.8 cm³/mol. The smallest absolute Gasteiger partial charge is 0.104 e. The first-order chi connectivity index (χ1) is 7.54. The summed E-state index contributed by atoms with van der Waals surface area (Å²) in [6.07, 6.45) is 4.65. The van der Waals surface area contributed by atoms with Crippen molar-refractivity contribution in [1.82, 2.24) is 5.32 Å². The Morgan fingerprint density at radius 2 is 1.94 bits per heavy atom. The van der Waals surface area contributed by atoms with Gasteiger partial charge in [0, 0.05) is 6.04 Å².